The molecule has 0 aliphatic carbocycles. The lowest BCUT2D eigenvalue weighted by atomic mass is 10.1. The summed E-state index contributed by atoms with van der Waals surface area (Å²) in [4.78, 5) is 23.6. The number of primary sulfonamides is 1. The van der Waals surface area contributed by atoms with E-state index in [0.29, 0.717) is 11.4 Å². The number of sulfonamides is 1. The Morgan fingerprint density at radius 3 is 2.35 bits per heavy atom. The zero-order chi connectivity index (χ0) is 19.3. The van der Waals surface area contributed by atoms with Crippen molar-refractivity contribution in [3.63, 3.8) is 0 Å². The predicted octanol–water partition coefficient (Wildman–Crippen LogP) is 0.990. The molecule has 0 radical (unpaired) electrons. The van der Waals surface area contributed by atoms with Gasteiger partial charge in [-0.2, -0.15) is 0 Å². The Kier molecular flexibility index (Phi) is 6.19. The minimum absolute atomic E-state index is 0.00834. The van der Waals surface area contributed by atoms with Gasteiger partial charge < -0.3 is 15.7 Å². The van der Waals surface area contributed by atoms with Gasteiger partial charge in [-0.05, 0) is 42.3 Å². The maximum absolute atomic E-state index is 11.8. The van der Waals surface area contributed by atoms with Gasteiger partial charge in [-0.15, -0.1) is 0 Å². The molecule has 0 spiro atoms. The van der Waals surface area contributed by atoms with Crippen molar-refractivity contribution in [2.24, 2.45) is 5.14 Å². The van der Waals surface area contributed by atoms with E-state index in [9.17, 15) is 23.1 Å². The van der Waals surface area contributed by atoms with Gasteiger partial charge in [0.05, 0.1) is 10.6 Å². The van der Waals surface area contributed by atoms with Crippen molar-refractivity contribution < 1.29 is 23.1 Å². The number of hydrogen-bond acceptors (Lipinski definition) is 5. The fourth-order valence-corrected chi connectivity index (χ4v) is 2.72. The number of hydrogen-bond donors (Lipinski definition) is 4. The summed E-state index contributed by atoms with van der Waals surface area (Å²) in [5.74, 6) is -2.05. The molecule has 8 nitrogen and oxygen atoms in total. The molecule has 0 saturated heterocycles. The minimum Gasteiger partial charge on any atom is -0.506 e. The number of anilines is 1. The summed E-state index contributed by atoms with van der Waals surface area (Å²) in [6.45, 7) is 0.155. The molecule has 0 atom stereocenters. The first-order chi connectivity index (χ1) is 12.2. The van der Waals surface area contributed by atoms with Crippen LogP contribution in [-0.4, -0.2) is 31.9 Å². The summed E-state index contributed by atoms with van der Waals surface area (Å²) in [5, 5.41) is 19.6. The minimum atomic E-state index is -3.75. The number of rotatable bonds is 5. The van der Waals surface area contributed by atoms with E-state index in [2.05, 4.69) is 10.6 Å². The van der Waals surface area contributed by atoms with Crippen LogP contribution >= 0.6 is 11.6 Å². The highest BCUT2D eigenvalue weighted by atomic mass is 35.5. The first kappa shape index (κ1) is 19.7. The average Bonchev–Trinajstić information content (AvgIpc) is 2.57. The van der Waals surface area contributed by atoms with Gasteiger partial charge in [0.15, 0.2) is 0 Å². The third kappa shape index (κ3) is 5.45. The van der Waals surface area contributed by atoms with E-state index in [1.54, 1.807) is 12.1 Å². The van der Waals surface area contributed by atoms with E-state index in [1.807, 2.05) is 0 Å². The second-order valence-corrected chi connectivity index (χ2v) is 7.31. The number of phenolic OH excluding ortho intramolecular Hbond substituents is 1. The van der Waals surface area contributed by atoms with Crippen molar-refractivity contribution in [3.05, 3.63) is 53.1 Å². The van der Waals surface area contributed by atoms with Crippen molar-refractivity contribution in [1.29, 1.82) is 0 Å². The van der Waals surface area contributed by atoms with E-state index in [-0.39, 0.29) is 22.9 Å². The molecule has 0 saturated carbocycles. The molecule has 2 amide bonds. The van der Waals surface area contributed by atoms with Crippen LogP contribution in [0.3, 0.4) is 0 Å². The number of phenols is 1. The monoisotopic (exact) mass is 397 g/mol. The molecule has 2 aromatic rings. The molecule has 10 heteroatoms. The Hall–Kier alpha value is -2.62. The summed E-state index contributed by atoms with van der Waals surface area (Å²) in [6, 6.07) is 9.90. The Morgan fingerprint density at radius 1 is 1.08 bits per heavy atom. The summed E-state index contributed by atoms with van der Waals surface area (Å²) in [7, 11) is -3.75. The number of aromatic hydroxyl groups is 1. The largest absolute Gasteiger partial charge is 0.506 e. The number of halogens is 1. The molecular weight excluding hydrogens is 382 g/mol. The summed E-state index contributed by atoms with van der Waals surface area (Å²) in [6.07, 6.45) is 0.381. The van der Waals surface area contributed by atoms with Crippen molar-refractivity contribution >= 4 is 39.1 Å². The zero-order valence-electron chi connectivity index (χ0n) is 13.4. The second kappa shape index (κ2) is 8.17. The van der Waals surface area contributed by atoms with Gasteiger partial charge in [0.2, 0.25) is 10.0 Å². The van der Waals surface area contributed by atoms with Gasteiger partial charge in [0, 0.05) is 11.6 Å². The summed E-state index contributed by atoms with van der Waals surface area (Å²) < 4.78 is 22.3. The molecule has 0 aliphatic rings. The predicted molar refractivity (Wildman–Crippen MR) is 96.3 cm³/mol. The quantitative estimate of drug-likeness (QED) is 0.440. The van der Waals surface area contributed by atoms with E-state index in [4.69, 9.17) is 16.7 Å². The third-order valence-corrected chi connectivity index (χ3v) is 4.53. The van der Waals surface area contributed by atoms with Crippen LogP contribution in [0.4, 0.5) is 5.69 Å². The Morgan fingerprint density at radius 2 is 1.73 bits per heavy atom. The standard InChI is InChI=1S/C16H16ClN3O5S/c17-11-3-6-14(21)13(9-11)20-16(23)15(22)19-8-7-10-1-4-12(5-2-10)26(18,24)25/h1-6,9,21H,7-8H2,(H,19,22)(H,20,23)(H2,18,24,25). The van der Waals surface area contributed by atoms with Crippen LogP contribution in [0, 0.1) is 0 Å². The highest BCUT2D eigenvalue weighted by Gasteiger charge is 2.15. The molecule has 5 N–H and O–H groups in total. The van der Waals surface area contributed by atoms with Gasteiger partial charge >= 0.3 is 11.8 Å². The molecule has 0 aliphatic heterocycles. The molecular formula is C16H16ClN3O5S. The molecule has 2 aromatic carbocycles. The van der Waals surface area contributed by atoms with E-state index in [1.165, 1.54) is 30.3 Å². The van der Waals surface area contributed by atoms with Gasteiger partial charge in [-0.25, -0.2) is 13.6 Å². The second-order valence-electron chi connectivity index (χ2n) is 5.31. The van der Waals surface area contributed by atoms with Crippen LogP contribution in [0.5, 0.6) is 5.75 Å². The van der Waals surface area contributed by atoms with E-state index < -0.39 is 21.8 Å². The first-order valence-corrected chi connectivity index (χ1v) is 9.28. The number of carbonyl (C=O) groups excluding carboxylic acids is 2. The number of carbonyl (C=O) groups is 2. The lowest BCUT2D eigenvalue weighted by Gasteiger charge is -2.08. The van der Waals surface area contributed by atoms with Crippen LogP contribution in [0.1, 0.15) is 5.56 Å². The van der Waals surface area contributed by atoms with Crippen molar-refractivity contribution in [1.82, 2.24) is 5.32 Å². The zero-order valence-corrected chi connectivity index (χ0v) is 15.0. The molecule has 138 valence electrons. The number of amides is 2. The van der Waals surface area contributed by atoms with Gasteiger partial charge in [0.25, 0.3) is 0 Å². The molecule has 0 fully saturated rings. The molecule has 0 unspecified atom stereocenters. The Balaban J connectivity index is 1.86. The lowest BCUT2D eigenvalue weighted by Crippen LogP contribution is -2.36. The van der Waals surface area contributed by atoms with E-state index in [0.717, 1.165) is 5.56 Å². The molecule has 0 aromatic heterocycles. The lowest BCUT2D eigenvalue weighted by molar-refractivity contribution is -0.136. The first-order valence-electron chi connectivity index (χ1n) is 7.36. The fourth-order valence-electron chi connectivity index (χ4n) is 2.03. The van der Waals surface area contributed by atoms with Crippen molar-refractivity contribution in [2.45, 2.75) is 11.3 Å². The number of nitrogens with one attached hydrogen (secondary N) is 2. The van der Waals surface area contributed by atoms with Gasteiger partial charge in [-0.3, -0.25) is 9.59 Å². The normalized spacial score (nSPS) is 11.0. The Bertz CT molecular complexity index is 929. The smallest absolute Gasteiger partial charge is 0.313 e. The Labute approximate surface area is 155 Å². The van der Waals surface area contributed by atoms with Crippen LogP contribution in [0.25, 0.3) is 0 Å². The molecule has 2 rings (SSSR count). The van der Waals surface area contributed by atoms with Crippen LogP contribution < -0.4 is 15.8 Å². The number of benzene rings is 2. The van der Waals surface area contributed by atoms with Crippen molar-refractivity contribution in [2.75, 3.05) is 11.9 Å². The maximum Gasteiger partial charge on any atom is 0.313 e. The summed E-state index contributed by atoms with van der Waals surface area (Å²) >= 11 is 5.76. The van der Waals surface area contributed by atoms with Gasteiger partial charge in [0.1, 0.15) is 5.75 Å². The highest BCUT2D eigenvalue weighted by Crippen LogP contribution is 2.26. The van der Waals surface area contributed by atoms with Crippen LogP contribution in [-0.2, 0) is 26.0 Å². The number of nitrogens with two attached hydrogens (primary N) is 1. The summed E-state index contributed by atoms with van der Waals surface area (Å²) in [5.41, 5.74) is 0.779. The molecule has 0 heterocycles. The van der Waals surface area contributed by atoms with E-state index >= 15 is 0 Å². The van der Waals surface area contributed by atoms with Crippen LogP contribution in [0.2, 0.25) is 5.02 Å². The fraction of sp³-hybridized carbons (Fsp3) is 0.125. The topological polar surface area (TPSA) is 139 Å². The van der Waals surface area contributed by atoms with Crippen molar-refractivity contribution in [3.8, 4) is 5.75 Å². The molecule has 26 heavy (non-hydrogen) atoms. The van der Waals surface area contributed by atoms with Crippen LogP contribution in [0.15, 0.2) is 47.4 Å². The third-order valence-electron chi connectivity index (χ3n) is 3.36. The maximum atomic E-state index is 11.8. The highest BCUT2D eigenvalue weighted by molar-refractivity contribution is 7.89. The average molecular weight is 398 g/mol. The SMILES string of the molecule is NS(=O)(=O)c1ccc(CCNC(=O)C(=O)Nc2cc(Cl)ccc2O)cc1. The molecule has 0 bridgehead atoms. The van der Waals surface area contributed by atoms with Gasteiger partial charge in [-0.1, -0.05) is 23.7 Å².